The van der Waals surface area contributed by atoms with E-state index in [1.807, 2.05) is 0 Å². The van der Waals surface area contributed by atoms with E-state index in [1.165, 1.54) is 18.2 Å². The van der Waals surface area contributed by atoms with Gasteiger partial charge in [0.05, 0.1) is 18.2 Å². The number of halogens is 1. The molecule has 0 bridgehead atoms. The smallest absolute Gasteiger partial charge is 0.252 e. The van der Waals surface area contributed by atoms with Gasteiger partial charge >= 0.3 is 0 Å². The number of hydrogen-bond donors (Lipinski definition) is 2. The van der Waals surface area contributed by atoms with Gasteiger partial charge in [0, 0.05) is 18.7 Å². The molecule has 0 saturated carbocycles. The van der Waals surface area contributed by atoms with Gasteiger partial charge in [-0.3, -0.25) is 4.79 Å². The van der Waals surface area contributed by atoms with Crippen LogP contribution in [0.4, 0.5) is 4.39 Å². The quantitative estimate of drug-likeness (QED) is 0.825. The number of carbonyl (C=O) groups is 1. The third kappa shape index (κ3) is 4.55. The maximum atomic E-state index is 13.3. The fraction of sp³-hybridized carbons (Fsp3) is 0.438. The highest BCUT2D eigenvalue weighted by Gasteiger charge is 2.16. The van der Waals surface area contributed by atoms with Crippen LogP contribution >= 0.6 is 0 Å². The lowest BCUT2D eigenvalue weighted by Crippen LogP contribution is -2.27. The standard InChI is InChI=1S/C16H19FN2O2/c17-13-6-5-12(3-1-8-18)15(11-13)16(20)19-9-7-14-4-2-10-21-14/h5-6,11,14H,2,4,7-10,18H2,(H,19,20). The van der Waals surface area contributed by atoms with Crippen molar-refractivity contribution in [2.24, 2.45) is 5.73 Å². The maximum absolute atomic E-state index is 13.3. The Kier molecular flexibility index (Phi) is 5.73. The number of amides is 1. The molecule has 0 spiro atoms. The topological polar surface area (TPSA) is 64.4 Å². The molecule has 1 saturated heterocycles. The first-order valence-electron chi connectivity index (χ1n) is 7.09. The lowest BCUT2D eigenvalue weighted by atomic mass is 10.1. The number of carbonyl (C=O) groups excluding carboxylic acids is 1. The van der Waals surface area contributed by atoms with Gasteiger partial charge in [-0.2, -0.15) is 0 Å². The fourth-order valence-corrected chi connectivity index (χ4v) is 2.27. The van der Waals surface area contributed by atoms with E-state index >= 15 is 0 Å². The second kappa shape index (κ2) is 7.77. The molecule has 1 unspecified atom stereocenters. The lowest BCUT2D eigenvalue weighted by molar-refractivity contribution is 0.0906. The van der Waals surface area contributed by atoms with E-state index in [-0.39, 0.29) is 24.1 Å². The summed E-state index contributed by atoms with van der Waals surface area (Å²) in [5.41, 5.74) is 6.04. The predicted octanol–water partition coefficient (Wildman–Crippen LogP) is 1.43. The monoisotopic (exact) mass is 290 g/mol. The lowest BCUT2D eigenvalue weighted by Gasteiger charge is -2.11. The molecule has 0 radical (unpaired) electrons. The molecule has 1 fully saturated rings. The van der Waals surface area contributed by atoms with E-state index in [2.05, 4.69) is 17.2 Å². The maximum Gasteiger partial charge on any atom is 0.252 e. The van der Waals surface area contributed by atoms with Gasteiger partial charge in [0.1, 0.15) is 5.82 Å². The molecular weight excluding hydrogens is 271 g/mol. The molecule has 1 aliphatic heterocycles. The number of hydrogen-bond acceptors (Lipinski definition) is 3. The zero-order valence-electron chi connectivity index (χ0n) is 11.8. The molecule has 1 aromatic carbocycles. The molecule has 3 N–H and O–H groups in total. The summed E-state index contributed by atoms with van der Waals surface area (Å²) in [6, 6.07) is 3.97. The van der Waals surface area contributed by atoms with Gasteiger partial charge in [-0.05, 0) is 37.5 Å². The Morgan fingerprint density at radius 2 is 2.38 bits per heavy atom. The Labute approximate surface area is 123 Å². The van der Waals surface area contributed by atoms with Crippen LogP contribution in [0, 0.1) is 17.7 Å². The van der Waals surface area contributed by atoms with E-state index in [0.29, 0.717) is 12.1 Å². The third-order valence-electron chi connectivity index (χ3n) is 3.33. The summed E-state index contributed by atoms with van der Waals surface area (Å²) in [7, 11) is 0. The first-order chi connectivity index (χ1) is 10.2. The molecule has 0 aliphatic carbocycles. The van der Waals surface area contributed by atoms with Crippen LogP contribution in [0.1, 0.15) is 35.2 Å². The molecule has 1 amide bonds. The SMILES string of the molecule is NCC#Cc1ccc(F)cc1C(=O)NCCC1CCCO1. The van der Waals surface area contributed by atoms with E-state index in [0.717, 1.165) is 25.9 Å². The van der Waals surface area contributed by atoms with Gasteiger partial charge in [-0.15, -0.1) is 0 Å². The number of nitrogens with two attached hydrogens (primary N) is 1. The van der Waals surface area contributed by atoms with Gasteiger partial charge in [0.25, 0.3) is 5.91 Å². The first-order valence-corrected chi connectivity index (χ1v) is 7.09. The summed E-state index contributed by atoms with van der Waals surface area (Å²) in [5, 5.41) is 2.79. The van der Waals surface area contributed by atoms with Crippen LogP contribution < -0.4 is 11.1 Å². The van der Waals surface area contributed by atoms with Crippen molar-refractivity contribution in [3.05, 3.63) is 35.1 Å². The third-order valence-corrected chi connectivity index (χ3v) is 3.33. The second-order valence-corrected chi connectivity index (χ2v) is 4.88. The molecule has 4 nitrogen and oxygen atoms in total. The zero-order chi connectivity index (χ0) is 15.1. The van der Waals surface area contributed by atoms with Gasteiger partial charge in [0.15, 0.2) is 0 Å². The van der Waals surface area contributed by atoms with Crippen molar-refractivity contribution in [2.75, 3.05) is 19.7 Å². The van der Waals surface area contributed by atoms with E-state index in [9.17, 15) is 9.18 Å². The number of rotatable bonds is 4. The van der Waals surface area contributed by atoms with Crippen molar-refractivity contribution >= 4 is 5.91 Å². The summed E-state index contributed by atoms with van der Waals surface area (Å²) in [6.45, 7) is 1.49. The molecule has 1 aromatic rings. The minimum absolute atomic E-state index is 0.192. The van der Waals surface area contributed by atoms with Crippen molar-refractivity contribution < 1.29 is 13.9 Å². The summed E-state index contributed by atoms with van der Waals surface area (Å²) < 4.78 is 18.8. The van der Waals surface area contributed by atoms with Crippen LogP contribution in [-0.4, -0.2) is 31.7 Å². The Hall–Kier alpha value is -1.90. The molecule has 1 aliphatic rings. The average Bonchev–Trinajstić information content (AvgIpc) is 2.99. The number of nitrogens with one attached hydrogen (secondary N) is 1. The number of benzene rings is 1. The van der Waals surface area contributed by atoms with E-state index in [1.54, 1.807) is 0 Å². The summed E-state index contributed by atoms with van der Waals surface area (Å²) >= 11 is 0. The molecule has 2 rings (SSSR count). The normalized spacial score (nSPS) is 17.1. The highest BCUT2D eigenvalue weighted by molar-refractivity contribution is 5.96. The van der Waals surface area contributed by atoms with Gasteiger partial charge < -0.3 is 15.8 Å². The molecule has 1 atom stereocenters. The van der Waals surface area contributed by atoms with Crippen molar-refractivity contribution in [3.8, 4) is 11.8 Å². The Morgan fingerprint density at radius 1 is 1.52 bits per heavy atom. The first kappa shape index (κ1) is 15.5. The highest BCUT2D eigenvalue weighted by Crippen LogP contribution is 2.15. The molecule has 5 heteroatoms. The van der Waals surface area contributed by atoms with Crippen LogP contribution in [0.15, 0.2) is 18.2 Å². The summed E-state index contributed by atoms with van der Waals surface area (Å²) in [6.07, 6.45) is 3.09. The minimum Gasteiger partial charge on any atom is -0.378 e. The van der Waals surface area contributed by atoms with Gasteiger partial charge in [-0.1, -0.05) is 11.8 Å². The van der Waals surface area contributed by atoms with Gasteiger partial charge in [0.2, 0.25) is 0 Å². The van der Waals surface area contributed by atoms with Crippen LogP contribution in [-0.2, 0) is 4.74 Å². The molecule has 0 aromatic heterocycles. The van der Waals surface area contributed by atoms with E-state index in [4.69, 9.17) is 10.5 Å². The van der Waals surface area contributed by atoms with Gasteiger partial charge in [-0.25, -0.2) is 4.39 Å². The van der Waals surface area contributed by atoms with Crippen molar-refractivity contribution in [1.82, 2.24) is 5.32 Å². The Morgan fingerprint density at radius 3 is 3.10 bits per heavy atom. The van der Waals surface area contributed by atoms with E-state index < -0.39 is 5.82 Å². The molecule has 1 heterocycles. The minimum atomic E-state index is -0.461. The van der Waals surface area contributed by atoms with Crippen LogP contribution in [0.3, 0.4) is 0 Å². The van der Waals surface area contributed by atoms with Crippen LogP contribution in [0.2, 0.25) is 0 Å². The Balaban J connectivity index is 1.98. The molecule has 112 valence electrons. The zero-order valence-corrected chi connectivity index (χ0v) is 11.8. The average molecular weight is 290 g/mol. The predicted molar refractivity (Wildman–Crippen MR) is 78.3 cm³/mol. The molecule has 21 heavy (non-hydrogen) atoms. The van der Waals surface area contributed by atoms with Crippen molar-refractivity contribution in [1.29, 1.82) is 0 Å². The largest absolute Gasteiger partial charge is 0.378 e. The molecular formula is C16H19FN2O2. The van der Waals surface area contributed by atoms with Crippen molar-refractivity contribution in [3.63, 3.8) is 0 Å². The fourth-order valence-electron chi connectivity index (χ4n) is 2.27. The van der Waals surface area contributed by atoms with Crippen molar-refractivity contribution in [2.45, 2.75) is 25.4 Å². The summed E-state index contributed by atoms with van der Waals surface area (Å²) in [5.74, 6) is 4.68. The van der Waals surface area contributed by atoms with Crippen LogP contribution in [0.5, 0.6) is 0 Å². The summed E-state index contributed by atoms with van der Waals surface area (Å²) in [4.78, 5) is 12.1. The number of ether oxygens (including phenoxy) is 1. The highest BCUT2D eigenvalue weighted by atomic mass is 19.1. The second-order valence-electron chi connectivity index (χ2n) is 4.88. The Bertz CT molecular complexity index is 557. The van der Waals surface area contributed by atoms with Crippen LogP contribution in [0.25, 0.3) is 0 Å².